The molecule has 0 spiro atoms. The third-order valence-corrected chi connectivity index (χ3v) is 4.99. The molecule has 100 valence electrons. The van der Waals surface area contributed by atoms with Crippen LogP contribution in [0.4, 0.5) is 5.69 Å². The van der Waals surface area contributed by atoms with Crippen LogP contribution in [0.25, 0.3) is 0 Å². The van der Waals surface area contributed by atoms with Crippen LogP contribution in [0.3, 0.4) is 0 Å². The molecule has 1 aliphatic carbocycles. The summed E-state index contributed by atoms with van der Waals surface area (Å²) in [4.78, 5) is 0.170. The molecule has 1 aromatic carbocycles. The molecule has 0 aromatic heterocycles. The van der Waals surface area contributed by atoms with Gasteiger partial charge in [-0.3, -0.25) is 0 Å². The third kappa shape index (κ3) is 2.96. The van der Waals surface area contributed by atoms with E-state index < -0.39 is 10.0 Å². The first kappa shape index (κ1) is 13.6. The molecule has 0 saturated heterocycles. The molecule has 18 heavy (non-hydrogen) atoms. The van der Waals surface area contributed by atoms with Crippen LogP contribution in [0.15, 0.2) is 23.1 Å². The average molecular weight is 289 g/mol. The van der Waals surface area contributed by atoms with E-state index in [0.717, 1.165) is 19.3 Å². The molecule has 3 N–H and O–H groups in total. The Morgan fingerprint density at radius 1 is 1.50 bits per heavy atom. The lowest BCUT2D eigenvalue weighted by atomic mass is 10.2. The zero-order chi connectivity index (χ0) is 13.3. The van der Waals surface area contributed by atoms with E-state index in [1.807, 2.05) is 0 Å². The van der Waals surface area contributed by atoms with E-state index in [1.54, 1.807) is 0 Å². The molecule has 1 saturated carbocycles. The number of hydrogen-bond donors (Lipinski definition) is 2. The van der Waals surface area contributed by atoms with Crippen molar-refractivity contribution in [3.05, 3.63) is 23.2 Å². The second-order valence-electron chi connectivity index (χ2n) is 4.70. The van der Waals surface area contributed by atoms with Crippen molar-refractivity contribution < 1.29 is 8.42 Å². The van der Waals surface area contributed by atoms with Gasteiger partial charge >= 0.3 is 0 Å². The molecule has 2 rings (SSSR count). The number of hydrogen-bond acceptors (Lipinski definition) is 3. The maximum atomic E-state index is 12.1. The normalized spacial score (nSPS) is 23.0. The van der Waals surface area contributed by atoms with Gasteiger partial charge in [-0.15, -0.1) is 0 Å². The van der Waals surface area contributed by atoms with Crippen LogP contribution < -0.4 is 10.5 Å². The number of nitrogens with two attached hydrogens (primary N) is 1. The Labute approximate surface area is 113 Å². The van der Waals surface area contributed by atoms with Crippen molar-refractivity contribution in [2.24, 2.45) is 5.92 Å². The molecule has 0 amide bonds. The fourth-order valence-electron chi connectivity index (χ4n) is 2.02. The summed E-state index contributed by atoms with van der Waals surface area (Å²) in [6, 6.07) is 4.44. The van der Waals surface area contributed by atoms with Crippen LogP contribution in [0.1, 0.15) is 26.2 Å². The fraction of sp³-hybridized carbons (Fsp3) is 0.500. The Morgan fingerprint density at radius 3 is 2.83 bits per heavy atom. The summed E-state index contributed by atoms with van der Waals surface area (Å²) in [5.41, 5.74) is 5.94. The molecule has 6 heteroatoms. The van der Waals surface area contributed by atoms with Crippen molar-refractivity contribution in [2.75, 3.05) is 5.73 Å². The molecule has 4 nitrogen and oxygen atoms in total. The molecule has 2 atom stereocenters. The second-order valence-corrected chi connectivity index (χ2v) is 6.82. The van der Waals surface area contributed by atoms with Gasteiger partial charge in [0.25, 0.3) is 0 Å². The third-order valence-electron chi connectivity index (χ3n) is 3.17. The zero-order valence-corrected chi connectivity index (χ0v) is 11.8. The monoisotopic (exact) mass is 288 g/mol. The lowest BCUT2D eigenvalue weighted by Crippen LogP contribution is -2.27. The highest BCUT2D eigenvalue weighted by Gasteiger charge is 2.39. The van der Waals surface area contributed by atoms with E-state index in [2.05, 4.69) is 11.6 Å². The maximum absolute atomic E-state index is 12.1. The SMILES string of the molecule is CCCC1CC1NS(=O)(=O)c1ccc(N)c(Cl)c1. The molecule has 2 unspecified atom stereocenters. The van der Waals surface area contributed by atoms with Gasteiger partial charge in [-0.1, -0.05) is 24.9 Å². The largest absolute Gasteiger partial charge is 0.398 e. The minimum atomic E-state index is -3.48. The fourth-order valence-corrected chi connectivity index (χ4v) is 3.61. The Balaban J connectivity index is 2.09. The van der Waals surface area contributed by atoms with E-state index in [1.165, 1.54) is 18.2 Å². The van der Waals surface area contributed by atoms with Crippen LogP contribution in [-0.2, 0) is 10.0 Å². The van der Waals surface area contributed by atoms with Gasteiger partial charge in [0.15, 0.2) is 0 Å². The molecular weight excluding hydrogens is 272 g/mol. The maximum Gasteiger partial charge on any atom is 0.240 e. The second kappa shape index (κ2) is 5.07. The highest BCUT2D eigenvalue weighted by molar-refractivity contribution is 7.89. The predicted molar refractivity (Wildman–Crippen MR) is 73.0 cm³/mol. The summed E-state index contributed by atoms with van der Waals surface area (Å²) in [5.74, 6) is 0.481. The quantitative estimate of drug-likeness (QED) is 0.817. The smallest absolute Gasteiger partial charge is 0.240 e. The summed E-state index contributed by atoms with van der Waals surface area (Å²) in [5, 5.41) is 0.263. The topological polar surface area (TPSA) is 72.2 Å². The van der Waals surface area contributed by atoms with Gasteiger partial charge in [0.1, 0.15) is 0 Å². The number of benzene rings is 1. The molecule has 1 fully saturated rings. The lowest BCUT2D eigenvalue weighted by Gasteiger charge is -2.07. The van der Waals surface area contributed by atoms with Gasteiger partial charge in [-0.25, -0.2) is 13.1 Å². The summed E-state index contributed by atoms with van der Waals surface area (Å²) in [6.45, 7) is 2.10. The van der Waals surface area contributed by atoms with Crippen LogP contribution in [0.2, 0.25) is 5.02 Å². The number of nitrogen functional groups attached to an aromatic ring is 1. The Hall–Kier alpha value is -0.780. The van der Waals surface area contributed by atoms with Gasteiger partial charge < -0.3 is 5.73 Å². The first-order chi connectivity index (χ1) is 8.44. The minimum Gasteiger partial charge on any atom is -0.398 e. The van der Waals surface area contributed by atoms with Crippen LogP contribution in [0.5, 0.6) is 0 Å². The summed E-state index contributed by atoms with van der Waals surface area (Å²) >= 11 is 5.83. The minimum absolute atomic E-state index is 0.0753. The van der Waals surface area contributed by atoms with Crippen molar-refractivity contribution in [3.8, 4) is 0 Å². The molecule has 0 aliphatic heterocycles. The molecule has 1 aromatic rings. The van der Waals surface area contributed by atoms with Crippen LogP contribution in [-0.4, -0.2) is 14.5 Å². The van der Waals surface area contributed by atoms with Crippen LogP contribution in [0, 0.1) is 5.92 Å². The first-order valence-corrected chi connectivity index (χ1v) is 7.87. The van der Waals surface area contributed by atoms with E-state index in [4.69, 9.17) is 17.3 Å². The van der Waals surface area contributed by atoms with Gasteiger partial charge in [0, 0.05) is 6.04 Å². The Bertz CT molecular complexity index is 545. The van der Waals surface area contributed by atoms with E-state index >= 15 is 0 Å². The lowest BCUT2D eigenvalue weighted by molar-refractivity contribution is 0.573. The standard InChI is InChI=1S/C12H17ClN2O2S/c1-2-3-8-6-12(8)15-18(16,17)9-4-5-11(14)10(13)7-9/h4-5,7-8,12,15H,2-3,6,14H2,1H3. The predicted octanol–water partition coefficient (Wildman–Crippen LogP) is 2.39. The van der Waals surface area contributed by atoms with Gasteiger partial charge in [-0.05, 0) is 37.0 Å². The zero-order valence-electron chi connectivity index (χ0n) is 10.2. The number of halogens is 1. The number of nitrogens with one attached hydrogen (secondary N) is 1. The molecular formula is C12H17ClN2O2S. The van der Waals surface area contributed by atoms with Crippen molar-refractivity contribution in [2.45, 2.75) is 37.1 Å². The highest BCUT2D eigenvalue weighted by Crippen LogP contribution is 2.36. The van der Waals surface area contributed by atoms with Gasteiger partial charge in [0.05, 0.1) is 15.6 Å². The first-order valence-electron chi connectivity index (χ1n) is 6.01. The number of rotatable bonds is 5. The van der Waals surface area contributed by atoms with E-state index in [0.29, 0.717) is 11.6 Å². The van der Waals surface area contributed by atoms with E-state index in [9.17, 15) is 8.42 Å². The van der Waals surface area contributed by atoms with Crippen molar-refractivity contribution in [1.82, 2.24) is 4.72 Å². The number of sulfonamides is 1. The Morgan fingerprint density at radius 2 is 2.22 bits per heavy atom. The van der Waals surface area contributed by atoms with Crippen LogP contribution >= 0.6 is 11.6 Å². The van der Waals surface area contributed by atoms with Gasteiger partial charge in [-0.2, -0.15) is 0 Å². The average Bonchev–Trinajstić information content (AvgIpc) is 3.00. The molecule has 1 aliphatic rings. The van der Waals surface area contributed by atoms with Crippen molar-refractivity contribution >= 4 is 27.3 Å². The summed E-state index contributed by atoms with van der Waals surface area (Å²) in [6.07, 6.45) is 3.07. The Kier molecular flexibility index (Phi) is 3.84. The summed E-state index contributed by atoms with van der Waals surface area (Å²) < 4.78 is 26.9. The van der Waals surface area contributed by atoms with Gasteiger partial charge in [0.2, 0.25) is 10.0 Å². The van der Waals surface area contributed by atoms with E-state index in [-0.39, 0.29) is 16.0 Å². The highest BCUT2D eigenvalue weighted by atomic mass is 35.5. The van der Waals surface area contributed by atoms with Crippen molar-refractivity contribution in [1.29, 1.82) is 0 Å². The summed E-state index contributed by atoms with van der Waals surface area (Å²) in [7, 11) is -3.48. The molecule has 0 heterocycles. The van der Waals surface area contributed by atoms with Crippen molar-refractivity contribution in [3.63, 3.8) is 0 Å². The number of anilines is 1. The molecule has 0 bridgehead atoms. The molecule has 0 radical (unpaired) electrons.